The molecule has 68 valence electrons. The molecule has 0 saturated heterocycles. The Morgan fingerprint density at radius 3 is 2.85 bits per heavy atom. The first-order valence-corrected chi connectivity index (χ1v) is 4.78. The summed E-state index contributed by atoms with van der Waals surface area (Å²) in [4.78, 5) is 0. The molecular weight excluding hydrogens is 230 g/mol. The van der Waals surface area contributed by atoms with Gasteiger partial charge in [0.2, 0.25) is 0 Å². The minimum absolute atomic E-state index is 0.0580. The maximum Gasteiger partial charge on any atom is 0.0991 e. The number of benzene rings is 1. The summed E-state index contributed by atoms with van der Waals surface area (Å²) in [6.45, 7) is 2.01. The van der Waals surface area contributed by atoms with E-state index in [2.05, 4.69) is 22.0 Å². The van der Waals surface area contributed by atoms with Crippen molar-refractivity contribution in [1.82, 2.24) is 0 Å². The van der Waals surface area contributed by atoms with Crippen molar-refractivity contribution in [3.63, 3.8) is 0 Å². The van der Waals surface area contributed by atoms with Crippen LogP contribution >= 0.6 is 15.9 Å². The van der Waals surface area contributed by atoms with E-state index in [1.54, 1.807) is 12.1 Å². The summed E-state index contributed by atoms with van der Waals surface area (Å²) in [6.07, 6.45) is 0. The molecule has 0 aliphatic heterocycles. The lowest BCUT2D eigenvalue weighted by Crippen LogP contribution is -2.00. The minimum atomic E-state index is 0.0580. The number of hydrogen-bond donors (Lipinski definition) is 1. The Morgan fingerprint density at radius 2 is 2.31 bits per heavy atom. The number of hydrogen-bond acceptors (Lipinski definition) is 2. The summed E-state index contributed by atoms with van der Waals surface area (Å²) < 4.78 is 0.938. The van der Waals surface area contributed by atoms with Crippen molar-refractivity contribution in [2.45, 2.75) is 12.8 Å². The van der Waals surface area contributed by atoms with Gasteiger partial charge < -0.3 is 5.11 Å². The van der Waals surface area contributed by atoms with E-state index in [4.69, 9.17) is 10.4 Å². The molecule has 0 aromatic heterocycles. The van der Waals surface area contributed by atoms with Crippen LogP contribution in [0.1, 0.15) is 24.0 Å². The molecule has 0 radical (unpaired) electrons. The Morgan fingerprint density at radius 1 is 1.62 bits per heavy atom. The predicted octanol–water partition coefficient (Wildman–Crippen LogP) is 2.42. The molecule has 0 bridgehead atoms. The van der Waals surface area contributed by atoms with Crippen molar-refractivity contribution in [3.05, 3.63) is 33.8 Å². The zero-order chi connectivity index (χ0) is 9.84. The molecular formula is C10H10BrNO. The van der Waals surface area contributed by atoms with Crippen molar-refractivity contribution in [3.8, 4) is 6.07 Å². The summed E-state index contributed by atoms with van der Waals surface area (Å²) in [7, 11) is 0. The van der Waals surface area contributed by atoms with Crippen molar-refractivity contribution >= 4 is 15.9 Å². The maximum atomic E-state index is 8.97. The Kier molecular flexibility index (Phi) is 3.47. The van der Waals surface area contributed by atoms with Gasteiger partial charge in [-0.1, -0.05) is 22.9 Å². The number of aliphatic hydroxyl groups excluding tert-OH is 1. The molecule has 1 rings (SSSR count). The third-order valence-electron chi connectivity index (χ3n) is 1.93. The number of nitriles is 1. The molecule has 0 aliphatic rings. The number of rotatable bonds is 2. The van der Waals surface area contributed by atoms with Crippen molar-refractivity contribution in [2.24, 2.45) is 0 Å². The SMILES string of the molecule is CC(CO)c1cc(C#N)ccc1Br. The van der Waals surface area contributed by atoms with Gasteiger partial charge in [0.15, 0.2) is 0 Å². The van der Waals surface area contributed by atoms with Crippen LogP contribution in [-0.4, -0.2) is 11.7 Å². The molecule has 1 atom stereocenters. The second-order valence-electron chi connectivity index (χ2n) is 2.93. The van der Waals surface area contributed by atoms with E-state index in [1.807, 2.05) is 13.0 Å². The zero-order valence-electron chi connectivity index (χ0n) is 7.29. The van der Waals surface area contributed by atoms with Crippen LogP contribution in [0.2, 0.25) is 0 Å². The van der Waals surface area contributed by atoms with E-state index >= 15 is 0 Å². The van der Waals surface area contributed by atoms with Gasteiger partial charge in [-0.15, -0.1) is 0 Å². The van der Waals surface area contributed by atoms with Gasteiger partial charge in [-0.25, -0.2) is 0 Å². The molecule has 0 amide bonds. The Labute approximate surface area is 85.9 Å². The minimum Gasteiger partial charge on any atom is -0.396 e. The topological polar surface area (TPSA) is 44.0 Å². The third kappa shape index (κ3) is 2.30. The zero-order valence-corrected chi connectivity index (χ0v) is 8.87. The Bertz CT molecular complexity index is 343. The van der Waals surface area contributed by atoms with Crippen molar-refractivity contribution in [1.29, 1.82) is 5.26 Å². The molecule has 1 aromatic carbocycles. The van der Waals surface area contributed by atoms with E-state index in [0.717, 1.165) is 10.0 Å². The summed E-state index contributed by atoms with van der Waals surface area (Å²) in [5, 5.41) is 17.7. The van der Waals surface area contributed by atoms with E-state index < -0.39 is 0 Å². The van der Waals surface area contributed by atoms with Crippen molar-refractivity contribution in [2.75, 3.05) is 6.61 Å². The smallest absolute Gasteiger partial charge is 0.0991 e. The summed E-state index contributed by atoms with van der Waals surface area (Å²) >= 11 is 3.38. The second-order valence-corrected chi connectivity index (χ2v) is 3.79. The largest absolute Gasteiger partial charge is 0.396 e. The van der Waals surface area contributed by atoms with Crippen LogP contribution in [0.5, 0.6) is 0 Å². The van der Waals surface area contributed by atoms with Gasteiger partial charge in [0, 0.05) is 17.0 Å². The highest BCUT2D eigenvalue weighted by molar-refractivity contribution is 9.10. The lowest BCUT2D eigenvalue weighted by molar-refractivity contribution is 0.273. The first-order chi connectivity index (χ1) is 6.19. The Balaban J connectivity index is 3.12. The van der Waals surface area contributed by atoms with E-state index in [-0.39, 0.29) is 12.5 Å². The monoisotopic (exact) mass is 239 g/mol. The van der Waals surface area contributed by atoms with Crippen LogP contribution in [0.15, 0.2) is 22.7 Å². The van der Waals surface area contributed by atoms with Gasteiger partial charge in [-0.2, -0.15) is 5.26 Å². The molecule has 1 unspecified atom stereocenters. The average molecular weight is 240 g/mol. The quantitative estimate of drug-likeness (QED) is 0.862. The molecule has 0 fully saturated rings. The average Bonchev–Trinajstić information content (AvgIpc) is 2.17. The molecule has 0 saturated carbocycles. The highest BCUT2D eigenvalue weighted by Gasteiger charge is 2.08. The fourth-order valence-corrected chi connectivity index (χ4v) is 1.73. The van der Waals surface area contributed by atoms with Gasteiger partial charge in [-0.3, -0.25) is 0 Å². The lowest BCUT2D eigenvalue weighted by atomic mass is 10.0. The van der Waals surface area contributed by atoms with Gasteiger partial charge in [0.25, 0.3) is 0 Å². The van der Waals surface area contributed by atoms with Crippen LogP contribution in [0.25, 0.3) is 0 Å². The molecule has 13 heavy (non-hydrogen) atoms. The molecule has 0 spiro atoms. The number of nitrogens with zero attached hydrogens (tertiary/aromatic N) is 1. The van der Waals surface area contributed by atoms with Crippen LogP contribution < -0.4 is 0 Å². The maximum absolute atomic E-state index is 8.97. The van der Waals surface area contributed by atoms with Gasteiger partial charge in [-0.05, 0) is 23.8 Å². The Hall–Kier alpha value is -0.850. The van der Waals surface area contributed by atoms with E-state index in [9.17, 15) is 0 Å². The lowest BCUT2D eigenvalue weighted by Gasteiger charge is -2.10. The van der Waals surface area contributed by atoms with Gasteiger partial charge in [0.1, 0.15) is 0 Å². The summed E-state index contributed by atoms with van der Waals surface area (Å²) in [6, 6.07) is 7.45. The van der Waals surface area contributed by atoms with Crippen LogP contribution in [0.4, 0.5) is 0 Å². The molecule has 2 nitrogen and oxygen atoms in total. The number of aliphatic hydroxyl groups is 1. The number of halogens is 1. The van der Waals surface area contributed by atoms with Gasteiger partial charge in [0.05, 0.1) is 11.6 Å². The fraction of sp³-hybridized carbons (Fsp3) is 0.300. The fourth-order valence-electron chi connectivity index (χ4n) is 1.09. The van der Waals surface area contributed by atoms with Crippen molar-refractivity contribution < 1.29 is 5.11 Å². The standard InChI is InChI=1S/C10H10BrNO/c1-7(6-13)9-4-8(5-12)2-3-10(9)11/h2-4,7,13H,6H2,1H3. The van der Waals surface area contributed by atoms with Crippen LogP contribution in [-0.2, 0) is 0 Å². The summed E-state index contributed by atoms with van der Waals surface area (Å²) in [5.41, 5.74) is 1.60. The van der Waals surface area contributed by atoms with E-state index in [0.29, 0.717) is 5.56 Å². The van der Waals surface area contributed by atoms with Gasteiger partial charge >= 0.3 is 0 Å². The van der Waals surface area contributed by atoms with Crippen LogP contribution in [0.3, 0.4) is 0 Å². The second kappa shape index (κ2) is 4.40. The first kappa shape index (κ1) is 10.2. The molecule has 1 N–H and O–H groups in total. The molecule has 0 heterocycles. The first-order valence-electron chi connectivity index (χ1n) is 3.99. The summed E-state index contributed by atoms with van der Waals surface area (Å²) in [5.74, 6) is 0.0580. The normalized spacial score (nSPS) is 12.2. The third-order valence-corrected chi connectivity index (χ3v) is 2.65. The highest BCUT2D eigenvalue weighted by Crippen LogP contribution is 2.25. The van der Waals surface area contributed by atoms with Crippen LogP contribution in [0, 0.1) is 11.3 Å². The molecule has 3 heteroatoms. The molecule has 0 aliphatic carbocycles. The van der Waals surface area contributed by atoms with E-state index in [1.165, 1.54) is 0 Å². The highest BCUT2D eigenvalue weighted by atomic mass is 79.9. The molecule has 1 aromatic rings. The predicted molar refractivity (Wildman–Crippen MR) is 54.4 cm³/mol.